The molecule has 208 valence electrons. The van der Waals surface area contributed by atoms with Gasteiger partial charge in [0.15, 0.2) is 0 Å². The Bertz CT molecular complexity index is 1110. The monoisotopic (exact) mass is 561 g/mol. The summed E-state index contributed by atoms with van der Waals surface area (Å²) in [4.78, 5) is 14.8. The number of halogens is 7. The summed E-state index contributed by atoms with van der Waals surface area (Å²) >= 11 is 5.66. The third kappa shape index (κ3) is 7.27. The summed E-state index contributed by atoms with van der Waals surface area (Å²) in [6, 6.07) is 7.82. The zero-order valence-electron chi connectivity index (χ0n) is 20.6. The molecule has 3 atom stereocenters. The number of anilines is 2. The third-order valence-electron chi connectivity index (χ3n) is 7.47. The Balaban J connectivity index is 1.35. The third-order valence-corrected chi connectivity index (χ3v) is 7.80. The predicted octanol–water partition coefficient (Wildman–Crippen LogP) is 8.36. The SMILES string of the molecule is O=C(Nc1ccc(Cl)c(C(F)(F)F)c1)N[C@@H]1CCCC[C@H]1C[C@H]1CCCN(c2ccc(C(F)(F)F)cc2)C1. The van der Waals surface area contributed by atoms with E-state index in [-0.39, 0.29) is 17.6 Å². The van der Waals surface area contributed by atoms with Crippen LogP contribution in [0.25, 0.3) is 0 Å². The lowest BCUT2D eigenvalue weighted by molar-refractivity contribution is -0.138. The number of piperidine rings is 1. The molecule has 38 heavy (non-hydrogen) atoms. The molecule has 2 fully saturated rings. The first-order chi connectivity index (χ1) is 17.9. The van der Waals surface area contributed by atoms with E-state index in [0.717, 1.165) is 88.0 Å². The van der Waals surface area contributed by atoms with Gasteiger partial charge in [0.25, 0.3) is 0 Å². The van der Waals surface area contributed by atoms with E-state index in [2.05, 4.69) is 15.5 Å². The van der Waals surface area contributed by atoms with E-state index in [1.165, 1.54) is 18.2 Å². The van der Waals surface area contributed by atoms with Gasteiger partial charge in [0.2, 0.25) is 0 Å². The van der Waals surface area contributed by atoms with E-state index in [0.29, 0.717) is 5.92 Å². The number of hydrogen-bond donors (Lipinski definition) is 2. The van der Waals surface area contributed by atoms with Crippen molar-refractivity contribution in [2.75, 3.05) is 23.3 Å². The molecule has 1 heterocycles. The van der Waals surface area contributed by atoms with E-state index in [9.17, 15) is 31.1 Å². The van der Waals surface area contributed by atoms with Gasteiger partial charge in [-0.3, -0.25) is 0 Å². The second kappa shape index (κ2) is 11.6. The Morgan fingerprint density at radius 1 is 0.921 bits per heavy atom. The number of alkyl halides is 6. The van der Waals surface area contributed by atoms with E-state index < -0.39 is 34.5 Å². The fourth-order valence-electron chi connectivity index (χ4n) is 5.62. The first-order valence-electron chi connectivity index (χ1n) is 12.8. The average molecular weight is 562 g/mol. The molecular weight excluding hydrogens is 532 g/mol. The Labute approximate surface area is 222 Å². The number of rotatable bonds is 5. The topological polar surface area (TPSA) is 44.4 Å². The molecule has 0 bridgehead atoms. The van der Waals surface area contributed by atoms with Crippen molar-refractivity contribution in [3.8, 4) is 0 Å². The fraction of sp³-hybridized carbons (Fsp3) is 0.519. The Hall–Kier alpha value is -2.62. The largest absolute Gasteiger partial charge is 0.417 e. The molecule has 2 aromatic carbocycles. The van der Waals surface area contributed by atoms with Crippen molar-refractivity contribution in [1.29, 1.82) is 0 Å². The first kappa shape index (κ1) is 28.4. The summed E-state index contributed by atoms with van der Waals surface area (Å²) in [5, 5.41) is 5.02. The quantitative estimate of drug-likeness (QED) is 0.360. The molecule has 4 nitrogen and oxygen atoms in total. The van der Waals surface area contributed by atoms with Gasteiger partial charge in [-0.2, -0.15) is 26.3 Å². The zero-order chi connectivity index (χ0) is 27.5. The second-order valence-electron chi connectivity index (χ2n) is 10.2. The molecule has 1 aliphatic carbocycles. The Morgan fingerprint density at radius 3 is 2.32 bits per heavy atom. The molecule has 0 radical (unpaired) electrons. The van der Waals surface area contributed by atoms with Crippen LogP contribution in [0.15, 0.2) is 42.5 Å². The van der Waals surface area contributed by atoms with Crippen LogP contribution in [0.1, 0.15) is 56.1 Å². The second-order valence-corrected chi connectivity index (χ2v) is 10.6. The lowest BCUT2D eigenvalue weighted by atomic mass is 9.77. The molecule has 2 N–H and O–H groups in total. The number of nitrogens with zero attached hydrogens (tertiary/aromatic N) is 1. The van der Waals surface area contributed by atoms with Crippen molar-refractivity contribution < 1.29 is 31.1 Å². The fourth-order valence-corrected chi connectivity index (χ4v) is 5.84. The molecule has 2 amide bonds. The van der Waals surface area contributed by atoms with Gasteiger partial charge < -0.3 is 15.5 Å². The Morgan fingerprint density at radius 2 is 1.63 bits per heavy atom. The summed E-state index contributed by atoms with van der Waals surface area (Å²) in [6.45, 7) is 1.50. The highest BCUT2D eigenvalue weighted by Gasteiger charge is 2.34. The molecule has 2 aliphatic rings. The minimum atomic E-state index is -4.63. The van der Waals surface area contributed by atoms with Crippen LogP contribution in [0.3, 0.4) is 0 Å². The van der Waals surface area contributed by atoms with Crippen LogP contribution < -0.4 is 15.5 Å². The lowest BCUT2D eigenvalue weighted by Crippen LogP contribution is -2.45. The van der Waals surface area contributed by atoms with Gasteiger partial charge in [0.1, 0.15) is 0 Å². The van der Waals surface area contributed by atoms with Crippen molar-refractivity contribution in [2.24, 2.45) is 11.8 Å². The standard InChI is InChI=1S/C27H30ClF6N3O/c28-23-12-9-20(15-22(23)27(32,33)34)35-25(38)36-24-6-2-1-5-18(24)14-17-4-3-13-37(16-17)21-10-7-19(8-11-21)26(29,30)31/h7-12,15,17-18,24H,1-6,13-14,16H2,(H2,35,36,38)/t17-,18+,24-/m1/s1. The maximum atomic E-state index is 13.2. The van der Waals surface area contributed by atoms with Gasteiger partial charge in [-0.1, -0.05) is 24.4 Å². The van der Waals surface area contributed by atoms with Crippen molar-refractivity contribution in [1.82, 2.24) is 5.32 Å². The molecule has 11 heteroatoms. The smallest absolute Gasteiger partial charge is 0.371 e. The van der Waals surface area contributed by atoms with Gasteiger partial charge in [0, 0.05) is 30.5 Å². The molecule has 0 aromatic heterocycles. The number of carbonyl (C=O) groups is 1. The van der Waals surface area contributed by atoms with E-state index in [1.54, 1.807) is 0 Å². The Kier molecular flexibility index (Phi) is 8.69. The summed E-state index contributed by atoms with van der Waals surface area (Å²) in [5.41, 5.74) is -0.910. The molecule has 4 rings (SSSR count). The summed E-state index contributed by atoms with van der Waals surface area (Å²) in [6.07, 6.45) is -2.52. The van der Waals surface area contributed by atoms with Crippen LogP contribution in [-0.2, 0) is 12.4 Å². The number of nitrogens with one attached hydrogen (secondary N) is 2. The number of amides is 2. The van der Waals surface area contributed by atoms with Gasteiger partial charge in [-0.25, -0.2) is 4.79 Å². The highest BCUT2D eigenvalue weighted by Crippen LogP contribution is 2.37. The number of urea groups is 1. The first-order valence-corrected chi connectivity index (χ1v) is 13.1. The maximum absolute atomic E-state index is 13.2. The van der Waals surface area contributed by atoms with E-state index in [1.807, 2.05) is 0 Å². The molecule has 1 saturated carbocycles. The number of carbonyl (C=O) groups excluding carboxylic acids is 1. The van der Waals surface area contributed by atoms with Crippen molar-refractivity contribution in [3.05, 3.63) is 58.6 Å². The van der Waals surface area contributed by atoms with E-state index in [4.69, 9.17) is 11.6 Å². The van der Waals surface area contributed by atoms with Gasteiger partial charge in [-0.15, -0.1) is 0 Å². The molecule has 0 spiro atoms. The molecule has 0 unspecified atom stereocenters. The van der Waals surface area contributed by atoms with Crippen LogP contribution in [0.5, 0.6) is 0 Å². The summed E-state index contributed by atoms with van der Waals surface area (Å²) < 4.78 is 78.2. The molecule has 1 saturated heterocycles. The zero-order valence-corrected chi connectivity index (χ0v) is 21.4. The summed E-state index contributed by atoms with van der Waals surface area (Å²) in [5.74, 6) is 0.537. The summed E-state index contributed by atoms with van der Waals surface area (Å²) in [7, 11) is 0. The van der Waals surface area contributed by atoms with Crippen LogP contribution in [0.4, 0.5) is 42.5 Å². The van der Waals surface area contributed by atoms with Crippen molar-refractivity contribution in [3.63, 3.8) is 0 Å². The molecular formula is C27H30ClF6N3O. The number of benzene rings is 2. The van der Waals surface area contributed by atoms with Gasteiger partial charge >= 0.3 is 18.4 Å². The highest BCUT2D eigenvalue weighted by atomic mass is 35.5. The normalized spacial score (nSPS) is 22.7. The predicted molar refractivity (Wildman–Crippen MR) is 135 cm³/mol. The highest BCUT2D eigenvalue weighted by molar-refractivity contribution is 6.31. The molecule has 1 aliphatic heterocycles. The van der Waals surface area contributed by atoms with E-state index >= 15 is 0 Å². The minimum absolute atomic E-state index is 0.00560. The van der Waals surface area contributed by atoms with Gasteiger partial charge in [0.05, 0.1) is 16.1 Å². The minimum Gasteiger partial charge on any atom is -0.371 e. The molecule has 2 aromatic rings. The van der Waals surface area contributed by atoms with Crippen LogP contribution in [-0.4, -0.2) is 25.2 Å². The van der Waals surface area contributed by atoms with Crippen molar-refractivity contribution in [2.45, 2.75) is 63.3 Å². The van der Waals surface area contributed by atoms with Crippen LogP contribution >= 0.6 is 11.6 Å². The number of hydrogen-bond acceptors (Lipinski definition) is 2. The average Bonchev–Trinajstić information content (AvgIpc) is 2.85. The van der Waals surface area contributed by atoms with Gasteiger partial charge in [-0.05, 0) is 86.4 Å². The maximum Gasteiger partial charge on any atom is 0.417 e. The lowest BCUT2D eigenvalue weighted by Gasteiger charge is -2.39. The van der Waals surface area contributed by atoms with Crippen LogP contribution in [0, 0.1) is 11.8 Å². The van der Waals surface area contributed by atoms with Crippen LogP contribution in [0.2, 0.25) is 5.02 Å². The van der Waals surface area contributed by atoms with Crippen molar-refractivity contribution >= 4 is 29.0 Å².